The first-order valence-corrected chi connectivity index (χ1v) is 12.6. The molecule has 3 aromatic carbocycles. The number of rotatable bonds is 12. The van der Waals surface area contributed by atoms with E-state index in [1.54, 1.807) is 60.7 Å². The maximum Gasteiger partial charge on any atom is 0.345 e. The van der Waals surface area contributed by atoms with Crippen molar-refractivity contribution >= 4 is 40.4 Å². The van der Waals surface area contributed by atoms with E-state index < -0.39 is 42.3 Å². The molecule has 192 valence electrons. The van der Waals surface area contributed by atoms with E-state index in [2.05, 4.69) is 0 Å². The highest BCUT2D eigenvalue weighted by atomic mass is 32.2. The Balaban J connectivity index is 2.00. The fraction of sp³-hybridized carbons (Fsp3) is 0.214. The lowest BCUT2D eigenvalue weighted by Gasteiger charge is -2.39. The highest BCUT2D eigenvalue weighted by Crippen LogP contribution is 2.30. The molecule has 1 unspecified atom stereocenters. The Morgan fingerprint density at radius 2 is 1.38 bits per heavy atom. The molecule has 1 amide bonds. The number of amides is 1. The fourth-order valence-corrected chi connectivity index (χ4v) is 4.79. The molecule has 37 heavy (non-hydrogen) atoms. The smallest absolute Gasteiger partial charge is 0.345 e. The molecule has 0 aliphatic rings. The standard InChI is InChI=1S/C28H28N2O6S/c29-28(27(35)36,17-16-24(31)32)30(23-14-8-3-9-15-23)25(33)22(18-20-10-4-1-5-11-20)19-37-26(34)21-12-6-2-7-13-21/h1-15,22H,16-19,29H2,(H,31,32)(H,35,36)/t22?,28-/m1/s1. The van der Waals surface area contributed by atoms with Gasteiger partial charge >= 0.3 is 11.9 Å². The van der Waals surface area contributed by atoms with Crippen LogP contribution in [0.3, 0.4) is 0 Å². The van der Waals surface area contributed by atoms with E-state index in [0.29, 0.717) is 5.56 Å². The predicted molar refractivity (Wildman–Crippen MR) is 142 cm³/mol. The van der Waals surface area contributed by atoms with Crippen LogP contribution < -0.4 is 10.6 Å². The van der Waals surface area contributed by atoms with Gasteiger partial charge in [-0.2, -0.15) is 0 Å². The molecule has 0 aliphatic heterocycles. The number of carbonyl (C=O) groups excluding carboxylic acids is 2. The van der Waals surface area contributed by atoms with E-state index in [0.717, 1.165) is 22.2 Å². The number of benzene rings is 3. The van der Waals surface area contributed by atoms with Crippen LogP contribution in [0.15, 0.2) is 91.0 Å². The maximum atomic E-state index is 14.1. The second-order valence-corrected chi connectivity index (χ2v) is 9.48. The first kappa shape index (κ1) is 27.6. The van der Waals surface area contributed by atoms with E-state index >= 15 is 0 Å². The number of para-hydroxylation sites is 1. The molecule has 3 rings (SSSR count). The molecule has 0 saturated carbocycles. The lowest BCUT2D eigenvalue weighted by atomic mass is 9.95. The third-order valence-corrected chi connectivity index (χ3v) is 6.89. The summed E-state index contributed by atoms with van der Waals surface area (Å²) in [6.45, 7) is 0. The van der Waals surface area contributed by atoms with Crippen LogP contribution in [0.25, 0.3) is 0 Å². The lowest BCUT2D eigenvalue weighted by molar-refractivity contribution is -0.146. The summed E-state index contributed by atoms with van der Waals surface area (Å²) in [6.07, 6.45) is -0.830. The minimum Gasteiger partial charge on any atom is -0.481 e. The summed E-state index contributed by atoms with van der Waals surface area (Å²) in [6, 6.07) is 25.9. The number of hydrogen-bond acceptors (Lipinski definition) is 6. The number of anilines is 1. The number of hydrogen-bond donors (Lipinski definition) is 3. The van der Waals surface area contributed by atoms with Crippen molar-refractivity contribution in [2.24, 2.45) is 11.7 Å². The molecule has 0 bridgehead atoms. The number of nitrogens with two attached hydrogens (primary N) is 1. The molecule has 2 atom stereocenters. The second kappa shape index (κ2) is 12.8. The first-order chi connectivity index (χ1) is 17.7. The number of nitrogens with zero attached hydrogens (tertiary/aromatic N) is 1. The lowest BCUT2D eigenvalue weighted by Crippen LogP contribution is -2.65. The maximum absolute atomic E-state index is 14.1. The van der Waals surface area contributed by atoms with Gasteiger partial charge in [-0.1, -0.05) is 90.6 Å². The summed E-state index contributed by atoms with van der Waals surface area (Å²) in [5.41, 5.74) is 5.52. The average Bonchev–Trinajstić information content (AvgIpc) is 2.91. The van der Waals surface area contributed by atoms with E-state index in [1.807, 2.05) is 30.3 Å². The summed E-state index contributed by atoms with van der Waals surface area (Å²) >= 11 is 0.966. The van der Waals surface area contributed by atoms with Crippen molar-refractivity contribution in [1.82, 2.24) is 0 Å². The van der Waals surface area contributed by atoms with Crippen molar-refractivity contribution in [3.05, 3.63) is 102 Å². The van der Waals surface area contributed by atoms with Gasteiger partial charge in [0.25, 0.3) is 0 Å². The number of carboxylic acid groups (broad SMARTS) is 2. The Bertz CT molecular complexity index is 1220. The number of carboxylic acids is 2. The van der Waals surface area contributed by atoms with Crippen LogP contribution in [0.1, 0.15) is 28.8 Å². The number of carbonyl (C=O) groups is 4. The van der Waals surface area contributed by atoms with E-state index in [9.17, 15) is 29.4 Å². The van der Waals surface area contributed by atoms with Crippen LogP contribution in [-0.4, -0.2) is 44.6 Å². The van der Waals surface area contributed by atoms with Gasteiger partial charge in [0.1, 0.15) is 0 Å². The minimum absolute atomic E-state index is 0.0689. The van der Waals surface area contributed by atoms with Crippen molar-refractivity contribution in [3.8, 4) is 0 Å². The fourth-order valence-electron chi connectivity index (χ4n) is 3.88. The molecule has 3 aromatic rings. The van der Waals surface area contributed by atoms with Crippen LogP contribution in [0, 0.1) is 5.92 Å². The SMILES string of the molecule is N[C@@](CCC(=O)O)(C(=O)O)N(C(=O)C(CSC(=O)c1ccccc1)Cc1ccccc1)c1ccccc1. The van der Waals surface area contributed by atoms with Crippen LogP contribution >= 0.6 is 11.8 Å². The van der Waals surface area contributed by atoms with Gasteiger partial charge in [-0.15, -0.1) is 0 Å². The van der Waals surface area contributed by atoms with E-state index in [1.165, 1.54) is 0 Å². The zero-order valence-electron chi connectivity index (χ0n) is 20.0. The summed E-state index contributed by atoms with van der Waals surface area (Å²) < 4.78 is 0. The highest BCUT2D eigenvalue weighted by molar-refractivity contribution is 8.14. The molecule has 9 heteroatoms. The summed E-state index contributed by atoms with van der Waals surface area (Å²) in [5, 5.41) is 19.1. The average molecular weight is 521 g/mol. The third kappa shape index (κ3) is 7.28. The minimum atomic E-state index is -2.32. The predicted octanol–water partition coefficient (Wildman–Crippen LogP) is 4.06. The van der Waals surface area contributed by atoms with Gasteiger partial charge < -0.3 is 10.2 Å². The van der Waals surface area contributed by atoms with E-state index in [-0.39, 0.29) is 23.0 Å². The number of thioether (sulfide) groups is 1. The van der Waals surface area contributed by atoms with Gasteiger partial charge in [-0.25, -0.2) is 4.79 Å². The molecule has 0 heterocycles. The highest BCUT2D eigenvalue weighted by Gasteiger charge is 2.46. The normalized spacial score (nSPS) is 13.2. The summed E-state index contributed by atoms with van der Waals surface area (Å²) in [4.78, 5) is 51.6. The monoisotopic (exact) mass is 520 g/mol. The Labute approximate surface area is 219 Å². The Morgan fingerprint density at radius 3 is 1.92 bits per heavy atom. The Morgan fingerprint density at radius 1 is 0.838 bits per heavy atom. The van der Waals surface area contributed by atoms with Gasteiger partial charge in [0.2, 0.25) is 11.0 Å². The van der Waals surface area contributed by atoms with Gasteiger partial charge in [0, 0.05) is 29.8 Å². The van der Waals surface area contributed by atoms with Gasteiger partial charge in [-0.3, -0.25) is 25.0 Å². The topological polar surface area (TPSA) is 138 Å². The molecule has 0 saturated heterocycles. The van der Waals surface area contributed by atoms with Gasteiger partial charge in [-0.05, 0) is 24.1 Å². The van der Waals surface area contributed by atoms with Gasteiger partial charge in [0.15, 0.2) is 5.66 Å². The zero-order chi connectivity index (χ0) is 26.8. The largest absolute Gasteiger partial charge is 0.481 e. The van der Waals surface area contributed by atoms with Crippen LogP contribution in [0.2, 0.25) is 0 Å². The molecule has 0 spiro atoms. The number of aliphatic carboxylic acids is 2. The van der Waals surface area contributed by atoms with Crippen molar-refractivity contribution < 1.29 is 29.4 Å². The molecular weight excluding hydrogens is 492 g/mol. The Hall–Kier alpha value is -3.95. The summed E-state index contributed by atoms with van der Waals surface area (Å²) in [7, 11) is 0. The second-order valence-electron chi connectivity index (χ2n) is 8.48. The molecular formula is C28H28N2O6S. The molecule has 0 fully saturated rings. The molecule has 8 nitrogen and oxygen atoms in total. The van der Waals surface area contributed by atoms with Crippen LogP contribution in [0.5, 0.6) is 0 Å². The molecule has 4 N–H and O–H groups in total. The van der Waals surface area contributed by atoms with Crippen LogP contribution in [-0.2, 0) is 20.8 Å². The zero-order valence-corrected chi connectivity index (χ0v) is 20.8. The molecule has 0 aromatic heterocycles. The van der Waals surface area contributed by atoms with Crippen molar-refractivity contribution in [1.29, 1.82) is 0 Å². The third-order valence-electron chi connectivity index (χ3n) is 5.82. The molecule has 0 aliphatic carbocycles. The van der Waals surface area contributed by atoms with Crippen molar-refractivity contribution in [2.75, 3.05) is 10.7 Å². The van der Waals surface area contributed by atoms with Crippen molar-refractivity contribution in [3.63, 3.8) is 0 Å². The summed E-state index contributed by atoms with van der Waals surface area (Å²) in [5.74, 6) is -4.13. The van der Waals surface area contributed by atoms with Crippen molar-refractivity contribution in [2.45, 2.75) is 24.9 Å². The molecule has 0 radical (unpaired) electrons. The van der Waals surface area contributed by atoms with Crippen LogP contribution in [0.4, 0.5) is 5.69 Å². The first-order valence-electron chi connectivity index (χ1n) is 11.6. The van der Waals surface area contributed by atoms with Gasteiger partial charge in [0.05, 0.1) is 5.92 Å². The van der Waals surface area contributed by atoms with E-state index in [4.69, 9.17) is 5.73 Å². The quantitative estimate of drug-likeness (QED) is 0.304. The Kier molecular flexibility index (Phi) is 9.59.